The van der Waals surface area contributed by atoms with E-state index < -0.39 is 11.7 Å². The molecular weight excluding hydrogens is 445 g/mol. The Kier molecular flexibility index (Phi) is 6.31. The summed E-state index contributed by atoms with van der Waals surface area (Å²) in [4.78, 5) is 22.5. The maximum absolute atomic E-state index is 12.9. The lowest BCUT2D eigenvalue weighted by Gasteiger charge is -2.32. The molecule has 0 bridgehead atoms. The van der Waals surface area contributed by atoms with Crippen LogP contribution in [0, 0.1) is 5.92 Å². The van der Waals surface area contributed by atoms with Crippen LogP contribution in [-0.2, 0) is 17.5 Å². The zero-order valence-electron chi connectivity index (χ0n) is 16.9. The number of nitrogens with one attached hydrogen (secondary N) is 1. The van der Waals surface area contributed by atoms with Crippen molar-refractivity contribution < 1.29 is 18.0 Å². The second-order valence-electron chi connectivity index (χ2n) is 7.53. The summed E-state index contributed by atoms with van der Waals surface area (Å²) in [5, 5.41) is 7.04. The molecule has 0 unspecified atom stereocenters. The summed E-state index contributed by atoms with van der Waals surface area (Å²) in [7, 11) is 0. The number of carbonyl (C=O) groups excluding carboxylic acids is 1. The van der Waals surface area contributed by atoms with Crippen molar-refractivity contribution in [3.8, 4) is 0 Å². The quantitative estimate of drug-likeness (QED) is 0.611. The maximum Gasteiger partial charge on any atom is 0.417 e. The number of carbonyl (C=O) groups is 1. The van der Waals surface area contributed by atoms with E-state index in [4.69, 9.17) is 11.6 Å². The van der Waals surface area contributed by atoms with Gasteiger partial charge in [0.1, 0.15) is 18.5 Å². The van der Waals surface area contributed by atoms with Crippen LogP contribution in [0.2, 0.25) is 5.02 Å². The Labute approximate surface area is 187 Å². The average molecular weight is 465 g/mol. The first kappa shape index (κ1) is 22.1. The van der Waals surface area contributed by atoms with Gasteiger partial charge in [-0.05, 0) is 30.5 Å². The van der Waals surface area contributed by atoms with Crippen LogP contribution in [0.5, 0.6) is 0 Å². The number of benzene rings is 1. The van der Waals surface area contributed by atoms with Crippen molar-refractivity contribution in [2.24, 2.45) is 5.92 Å². The van der Waals surface area contributed by atoms with Gasteiger partial charge in [-0.3, -0.25) is 4.79 Å². The van der Waals surface area contributed by atoms with Gasteiger partial charge in [0.15, 0.2) is 0 Å². The predicted octanol–water partition coefficient (Wildman–Crippen LogP) is 4.25. The number of aromatic nitrogens is 4. The molecule has 0 saturated carbocycles. The number of pyridine rings is 1. The van der Waals surface area contributed by atoms with Gasteiger partial charge in [0, 0.05) is 30.9 Å². The highest BCUT2D eigenvalue weighted by Gasteiger charge is 2.33. The molecule has 0 atom stereocenters. The Balaban J connectivity index is 1.38. The molecule has 1 saturated heterocycles. The molecule has 3 heterocycles. The monoisotopic (exact) mass is 464 g/mol. The van der Waals surface area contributed by atoms with E-state index in [9.17, 15) is 18.0 Å². The van der Waals surface area contributed by atoms with Gasteiger partial charge in [-0.15, -0.1) is 0 Å². The van der Waals surface area contributed by atoms with Crippen molar-refractivity contribution in [2.75, 3.05) is 23.3 Å². The molecule has 1 fully saturated rings. The van der Waals surface area contributed by atoms with Gasteiger partial charge in [0.05, 0.1) is 17.1 Å². The summed E-state index contributed by atoms with van der Waals surface area (Å²) in [6.07, 6.45) is 0.421. The molecule has 2 aromatic heterocycles. The zero-order valence-corrected chi connectivity index (χ0v) is 17.6. The first-order chi connectivity index (χ1) is 15.3. The number of hydrogen-bond donors (Lipinski definition) is 1. The van der Waals surface area contributed by atoms with Gasteiger partial charge in [-0.25, -0.2) is 14.6 Å². The van der Waals surface area contributed by atoms with Crippen molar-refractivity contribution in [2.45, 2.75) is 25.6 Å². The number of anilines is 2. The van der Waals surface area contributed by atoms with Crippen molar-refractivity contribution in [1.29, 1.82) is 0 Å². The van der Waals surface area contributed by atoms with Crippen LogP contribution < -0.4 is 10.2 Å². The Morgan fingerprint density at radius 3 is 2.62 bits per heavy atom. The van der Waals surface area contributed by atoms with Gasteiger partial charge >= 0.3 is 6.18 Å². The lowest BCUT2D eigenvalue weighted by Crippen LogP contribution is -2.38. The fourth-order valence-corrected chi connectivity index (χ4v) is 3.96. The third-order valence-electron chi connectivity index (χ3n) is 5.39. The van der Waals surface area contributed by atoms with E-state index >= 15 is 0 Å². The highest BCUT2D eigenvalue weighted by atomic mass is 35.5. The van der Waals surface area contributed by atoms with Gasteiger partial charge < -0.3 is 10.2 Å². The van der Waals surface area contributed by atoms with Crippen LogP contribution in [0.3, 0.4) is 0 Å². The molecule has 32 heavy (non-hydrogen) atoms. The summed E-state index contributed by atoms with van der Waals surface area (Å²) in [5.41, 5.74) is 0.734. The maximum atomic E-state index is 12.9. The van der Waals surface area contributed by atoms with E-state index in [1.807, 2.05) is 29.2 Å². The summed E-state index contributed by atoms with van der Waals surface area (Å²) in [6, 6.07) is 8.38. The van der Waals surface area contributed by atoms with E-state index in [1.54, 1.807) is 11.0 Å². The van der Waals surface area contributed by atoms with E-state index in [0.717, 1.165) is 17.8 Å². The molecule has 168 valence electrons. The van der Waals surface area contributed by atoms with Gasteiger partial charge in [-0.2, -0.15) is 18.3 Å². The van der Waals surface area contributed by atoms with Crippen LogP contribution in [-0.4, -0.2) is 38.7 Å². The number of piperidine rings is 1. The second-order valence-corrected chi connectivity index (χ2v) is 7.94. The molecule has 1 aliphatic heterocycles. The van der Waals surface area contributed by atoms with Gasteiger partial charge in [0.25, 0.3) is 0 Å². The summed E-state index contributed by atoms with van der Waals surface area (Å²) >= 11 is 6.06. The number of nitrogens with zero attached hydrogens (tertiary/aromatic N) is 5. The number of hydrogen-bond acceptors (Lipinski definition) is 5. The van der Waals surface area contributed by atoms with Crippen LogP contribution in [0.15, 0.2) is 49.2 Å². The summed E-state index contributed by atoms with van der Waals surface area (Å²) in [6.45, 7) is 1.42. The number of para-hydroxylation sites is 1. The Morgan fingerprint density at radius 2 is 1.97 bits per heavy atom. The summed E-state index contributed by atoms with van der Waals surface area (Å²) < 4.78 is 40.2. The highest BCUT2D eigenvalue weighted by molar-refractivity contribution is 6.33. The number of halogens is 4. The lowest BCUT2D eigenvalue weighted by molar-refractivity contribution is -0.137. The molecule has 11 heteroatoms. The van der Waals surface area contributed by atoms with E-state index in [-0.39, 0.29) is 16.8 Å². The molecule has 3 aromatic rings. The third kappa shape index (κ3) is 5.01. The number of alkyl halides is 3. The van der Waals surface area contributed by atoms with E-state index in [1.165, 1.54) is 6.33 Å². The van der Waals surface area contributed by atoms with Crippen LogP contribution in [0.4, 0.5) is 24.7 Å². The minimum atomic E-state index is -4.50. The van der Waals surface area contributed by atoms with Crippen molar-refractivity contribution >= 4 is 29.0 Å². The molecule has 1 N–H and O–H groups in total. The number of amides is 1. The average Bonchev–Trinajstić information content (AvgIpc) is 3.28. The molecular formula is C21H20ClF3N6O. The van der Waals surface area contributed by atoms with Crippen LogP contribution in [0.25, 0.3) is 0 Å². The SMILES string of the molecule is O=C(Nc1ccccc1Cn1cncn1)C1CCN(c2ncc(C(F)(F)F)cc2Cl)CC1. The Bertz CT molecular complexity index is 1080. The minimum Gasteiger partial charge on any atom is -0.355 e. The molecule has 1 amide bonds. The first-order valence-corrected chi connectivity index (χ1v) is 10.4. The largest absolute Gasteiger partial charge is 0.417 e. The summed E-state index contributed by atoms with van der Waals surface area (Å²) in [5.74, 6) is -0.0160. The second kappa shape index (κ2) is 9.15. The molecule has 7 nitrogen and oxygen atoms in total. The highest BCUT2D eigenvalue weighted by Crippen LogP contribution is 2.34. The molecule has 1 aromatic carbocycles. The Morgan fingerprint density at radius 1 is 1.22 bits per heavy atom. The topological polar surface area (TPSA) is 75.9 Å². The number of rotatable bonds is 5. The molecule has 0 spiro atoms. The minimum absolute atomic E-state index is 0.0511. The standard InChI is InChI=1S/C21H20ClF3N6O/c22-17-9-16(21(23,24)25)10-27-19(17)30-7-5-14(6-8-30)20(32)29-18-4-2-1-3-15(18)11-31-13-26-12-28-31/h1-4,9-10,12-14H,5-8,11H2,(H,29,32). The van der Waals surface area contributed by atoms with Crippen LogP contribution >= 0.6 is 11.6 Å². The van der Waals surface area contributed by atoms with Gasteiger partial charge in [-0.1, -0.05) is 29.8 Å². The fraction of sp³-hybridized carbons (Fsp3) is 0.333. The van der Waals surface area contributed by atoms with Crippen molar-refractivity contribution in [3.63, 3.8) is 0 Å². The molecule has 0 aliphatic carbocycles. The fourth-order valence-electron chi connectivity index (χ4n) is 3.68. The molecule has 0 radical (unpaired) electrons. The zero-order chi connectivity index (χ0) is 22.7. The normalized spacial score (nSPS) is 15.1. The lowest BCUT2D eigenvalue weighted by atomic mass is 9.95. The molecule has 1 aliphatic rings. The van der Waals surface area contributed by atoms with E-state index in [2.05, 4.69) is 20.4 Å². The van der Waals surface area contributed by atoms with Gasteiger partial charge in [0.2, 0.25) is 5.91 Å². The predicted molar refractivity (Wildman–Crippen MR) is 113 cm³/mol. The first-order valence-electron chi connectivity index (χ1n) is 10.00. The smallest absolute Gasteiger partial charge is 0.355 e. The molecule has 4 rings (SSSR count). The van der Waals surface area contributed by atoms with E-state index in [0.29, 0.717) is 44.0 Å². The third-order valence-corrected chi connectivity index (χ3v) is 5.67. The van der Waals surface area contributed by atoms with Crippen molar-refractivity contribution in [3.05, 3.63) is 65.3 Å². The van der Waals surface area contributed by atoms with Crippen LogP contribution in [0.1, 0.15) is 24.0 Å². The van der Waals surface area contributed by atoms with Crippen molar-refractivity contribution in [1.82, 2.24) is 19.7 Å². The Hall–Kier alpha value is -3.14.